The van der Waals surface area contributed by atoms with E-state index in [1.54, 1.807) is 0 Å². The molecule has 2 rings (SSSR count). The predicted molar refractivity (Wildman–Crippen MR) is 97.3 cm³/mol. The lowest BCUT2D eigenvalue weighted by molar-refractivity contribution is -0.0512. The molecule has 27 heavy (non-hydrogen) atoms. The molecule has 2 aromatic rings. The van der Waals surface area contributed by atoms with Crippen molar-refractivity contribution in [1.82, 2.24) is 0 Å². The van der Waals surface area contributed by atoms with Crippen molar-refractivity contribution in [1.29, 1.82) is 0 Å². The van der Waals surface area contributed by atoms with Gasteiger partial charge in [0.05, 0.1) is 13.2 Å². The number of ether oxygens (including phenoxy) is 3. The minimum atomic E-state index is -2.95. The number of amidine groups is 1. The third kappa shape index (κ3) is 6.32. The van der Waals surface area contributed by atoms with E-state index in [4.69, 9.17) is 20.0 Å². The fraction of sp³-hybridized carbons (Fsp3) is 0.316. The summed E-state index contributed by atoms with van der Waals surface area (Å²) < 4.78 is 39.7. The van der Waals surface area contributed by atoms with Gasteiger partial charge in [-0.25, -0.2) is 0 Å². The number of halogens is 2. The standard InChI is InChI=1S/C19H22F2N2O4/c1-12(2)26-15-7-4-13(5-8-15)11-25-23-18(22)14-6-9-16(27-19(20)21)17(10-14)24-3/h4-10,12,19H,11H2,1-3H3,(H2,22,23). The van der Waals surface area contributed by atoms with Gasteiger partial charge in [-0.15, -0.1) is 0 Å². The van der Waals surface area contributed by atoms with Crippen LogP contribution in [0.1, 0.15) is 25.0 Å². The van der Waals surface area contributed by atoms with Crippen LogP contribution in [0.5, 0.6) is 17.2 Å². The normalized spacial score (nSPS) is 11.6. The molecule has 0 aliphatic heterocycles. The molecule has 2 aromatic carbocycles. The summed E-state index contributed by atoms with van der Waals surface area (Å²) in [4.78, 5) is 5.26. The topological polar surface area (TPSA) is 75.3 Å². The highest BCUT2D eigenvalue weighted by molar-refractivity contribution is 5.97. The van der Waals surface area contributed by atoms with Crippen molar-refractivity contribution in [2.75, 3.05) is 7.11 Å². The maximum absolute atomic E-state index is 12.4. The van der Waals surface area contributed by atoms with E-state index in [2.05, 4.69) is 9.89 Å². The zero-order valence-corrected chi connectivity index (χ0v) is 15.3. The molecule has 0 unspecified atom stereocenters. The van der Waals surface area contributed by atoms with Gasteiger partial charge in [0, 0.05) is 5.56 Å². The number of nitrogens with zero attached hydrogens (tertiary/aromatic N) is 1. The first-order valence-electron chi connectivity index (χ1n) is 8.23. The Hall–Kier alpha value is -3.03. The number of rotatable bonds is 9. The zero-order valence-electron chi connectivity index (χ0n) is 15.3. The average molecular weight is 380 g/mol. The molecule has 0 spiro atoms. The summed E-state index contributed by atoms with van der Waals surface area (Å²) in [5, 5.41) is 3.85. The molecule has 0 heterocycles. The maximum atomic E-state index is 12.4. The van der Waals surface area contributed by atoms with Gasteiger partial charge in [-0.05, 0) is 49.7 Å². The second kappa shape index (κ2) is 9.61. The molecular weight excluding hydrogens is 358 g/mol. The zero-order chi connectivity index (χ0) is 19.8. The van der Waals surface area contributed by atoms with Crippen molar-refractivity contribution in [2.45, 2.75) is 33.2 Å². The summed E-state index contributed by atoms with van der Waals surface area (Å²) in [5.41, 5.74) is 7.22. The van der Waals surface area contributed by atoms with Gasteiger partial charge in [-0.2, -0.15) is 8.78 Å². The molecule has 0 bridgehead atoms. The number of nitrogens with two attached hydrogens (primary N) is 1. The van der Waals surface area contributed by atoms with Crippen LogP contribution < -0.4 is 19.9 Å². The molecule has 6 nitrogen and oxygen atoms in total. The van der Waals surface area contributed by atoms with E-state index >= 15 is 0 Å². The summed E-state index contributed by atoms with van der Waals surface area (Å²) in [7, 11) is 1.34. The lowest BCUT2D eigenvalue weighted by Crippen LogP contribution is -2.14. The summed E-state index contributed by atoms with van der Waals surface area (Å²) in [6.07, 6.45) is 0.103. The SMILES string of the molecule is COc1cc(/C(N)=N/OCc2ccc(OC(C)C)cc2)ccc1OC(F)F. The Morgan fingerprint density at radius 2 is 1.74 bits per heavy atom. The van der Waals surface area contributed by atoms with Gasteiger partial charge in [0.2, 0.25) is 0 Å². The summed E-state index contributed by atoms with van der Waals surface area (Å²) in [6.45, 7) is 1.17. The molecule has 0 aromatic heterocycles. The lowest BCUT2D eigenvalue weighted by Gasteiger charge is -2.11. The predicted octanol–water partition coefficient (Wildman–Crippen LogP) is 3.92. The molecule has 0 fully saturated rings. The van der Waals surface area contributed by atoms with E-state index < -0.39 is 6.61 Å². The Morgan fingerprint density at radius 3 is 2.33 bits per heavy atom. The monoisotopic (exact) mass is 380 g/mol. The van der Waals surface area contributed by atoms with Gasteiger partial charge in [-0.3, -0.25) is 0 Å². The second-order valence-electron chi connectivity index (χ2n) is 5.80. The molecule has 2 N–H and O–H groups in total. The van der Waals surface area contributed by atoms with E-state index in [9.17, 15) is 8.78 Å². The number of methoxy groups -OCH3 is 1. The minimum Gasteiger partial charge on any atom is -0.493 e. The van der Waals surface area contributed by atoms with Crippen LogP contribution in [0.4, 0.5) is 8.78 Å². The summed E-state index contributed by atoms with van der Waals surface area (Å²) in [6, 6.07) is 11.7. The Morgan fingerprint density at radius 1 is 1.04 bits per heavy atom. The summed E-state index contributed by atoms with van der Waals surface area (Å²) in [5.74, 6) is 0.881. The van der Waals surface area contributed by atoms with Crippen LogP contribution in [0.2, 0.25) is 0 Å². The van der Waals surface area contributed by atoms with Gasteiger partial charge in [0.1, 0.15) is 12.4 Å². The number of benzene rings is 2. The molecule has 0 aliphatic carbocycles. The van der Waals surface area contributed by atoms with E-state index in [0.717, 1.165) is 11.3 Å². The molecule has 0 saturated carbocycles. The van der Waals surface area contributed by atoms with Crippen molar-refractivity contribution < 1.29 is 27.8 Å². The number of hydrogen-bond donors (Lipinski definition) is 1. The van der Waals surface area contributed by atoms with Gasteiger partial charge >= 0.3 is 6.61 Å². The highest BCUT2D eigenvalue weighted by atomic mass is 19.3. The van der Waals surface area contributed by atoms with Gasteiger partial charge in [0.15, 0.2) is 17.3 Å². The van der Waals surface area contributed by atoms with Crippen LogP contribution in [0.25, 0.3) is 0 Å². The summed E-state index contributed by atoms with van der Waals surface area (Å²) >= 11 is 0. The first kappa shape index (κ1) is 20.3. The third-order valence-corrected chi connectivity index (χ3v) is 3.36. The Labute approximate surface area is 156 Å². The molecule has 146 valence electrons. The van der Waals surface area contributed by atoms with Gasteiger partial charge in [-0.1, -0.05) is 17.3 Å². The van der Waals surface area contributed by atoms with Crippen molar-refractivity contribution >= 4 is 5.84 Å². The number of oxime groups is 1. The molecule has 8 heteroatoms. The van der Waals surface area contributed by atoms with Crippen LogP contribution in [-0.4, -0.2) is 25.7 Å². The maximum Gasteiger partial charge on any atom is 0.387 e. The van der Waals surface area contributed by atoms with E-state index in [1.807, 2.05) is 38.1 Å². The first-order valence-corrected chi connectivity index (χ1v) is 8.23. The quantitative estimate of drug-likeness (QED) is 0.405. The fourth-order valence-electron chi connectivity index (χ4n) is 2.19. The lowest BCUT2D eigenvalue weighted by atomic mass is 10.2. The highest BCUT2D eigenvalue weighted by Gasteiger charge is 2.12. The van der Waals surface area contributed by atoms with Crippen LogP contribution in [0.15, 0.2) is 47.6 Å². The first-order chi connectivity index (χ1) is 12.9. The van der Waals surface area contributed by atoms with Crippen molar-refractivity contribution in [2.24, 2.45) is 10.9 Å². The van der Waals surface area contributed by atoms with E-state index in [0.29, 0.717) is 5.56 Å². The van der Waals surface area contributed by atoms with E-state index in [1.165, 1.54) is 25.3 Å². The van der Waals surface area contributed by atoms with Crippen molar-refractivity contribution in [3.63, 3.8) is 0 Å². The largest absolute Gasteiger partial charge is 0.493 e. The average Bonchev–Trinajstić information content (AvgIpc) is 2.62. The Kier molecular flexibility index (Phi) is 7.22. The van der Waals surface area contributed by atoms with Crippen LogP contribution in [0, 0.1) is 0 Å². The molecule has 0 aliphatic rings. The van der Waals surface area contributed by atoms with E-state index in [-0.39, 0.29) is 30.0 Å². The molecule has 0 saturated heterocycles. The Bertz CT molecular complexity index is 765. The van der Waals surface area contributed by atoms with Crippen LogP contribution >= 0.6 is 0 Å². The number of alkyl halides is 2. The second-order valence-corrected chi connectivity index (χ2v) is 5.80. The molecule has 0 amide bonds. The van der Waals surface area contributed by atoms with Gasteiger partial charge < -0.3 is 24.8 Å². The Balaban J connectivity index is 1.98. The smallest absolute Gasteiger partial charge is 0.387 e. The molecular formula is C19H22F2N2O4. The molecule has 0 radical (unpaired) electrons. The molecule has 0 atom stereocenters. The number of hydrogen-bond acceptors (Lipinski definition) is 5. The van der Waals surface area contributed by atoms with Gasteiger partial charge in [0.25, 0.3) is 0 Å². The minimum absolute atomic E-state index is 0.0802. The fourth-order valence-corrected chi connectivity index (χ4v) is 2.19. The van der Waals surface area contributed by atoms with Crippen LogP contribution in [-0.2, 0) is 11.4 Å². The van der Waals surface area contributed by atoms with Crippen LogP contribution in [0.3, 0.4) is 0 Å². The third-order valence-electron chi connectivity index (χ3n) is 3.36. The van der Waals surface area contributed by atoms with Crippen molar-refractivity contribution in [3.8, 4) is 17.2 Å². The highest BCUT2D eigenvalue weighted by Crippen LogP contribution is 2.29. The van der Waals surface area contributed by atoms with Crippen molar-refractivity contribution in [3.05, 3.63) is 53.6 Å².